The van der Waals surface area contributed by atoms with Gasteiger partial charge in [-0.3, -0.25) is 19.7 Å². The summed E-state index contributed by atoms with van der Waals surface area (Å²) in [5.41, 5.74) is 2.97. The minimum absolute atomic E-state index is 0.0503. The van der Waals surface area contributed by atoms with Crippen LogP contribution in [0.2, 0.25) is 0 Å². The molecule has 0 heterocycles. The number of nitrogens with one attached hydrogen (secondary N) is 2. The zero-order chi connectivity index (χ0) is 22.1. The predicted octanol–water partition coefficient (Wildman–Crippen LogP) is 1.50. The summed E-state index contributed by atoms with van der Waals surface area (Å²) in [5.74, 6) is -0.133. The summed E-state index contributed by atoms with van der Waals surface area (Å²) < 4.78 is 15.6. The van der Waals surface area contributed by atoms with Gasteiger partial charge in [0.1, 0.15) is 0 Å². The second kappa shape index (κ2) is 10.4. The summed E-state index contributed by atoms with van der Waals surface area (Å²) in [5, 5.41) is 16.8. The molecule has 0 atom stereocenters. The molecule has 0 unspecified atom stereocenters. The number of hydrazone groups is 1. The van der Waals surface area contributed by atoms with Crippen LogP contribution in [0.3, 0.4) is 0 Å². The first kappa shape index (κ1) is 22.1. The van der Waals surface area contributed by atoms with E-state index in [1.807, 2.05) is 0 Å². The van der Waals surface area contributed by atoms with Crippen molar-refractivity contribution in [3.8, 4) is 17.2 Å². The third-order valence-electron chi connectivity index (χ3n) is 3.84. The Morgan fingerprint density at radius 2 is 1.67 bits per heavy atom. The van der Waals surface area contributed by atoms with E-state index in [1.165, 1.54) is 63.9 Å². The number of amides is 2. The largest absolute Gasteiger partial charge is 0.493 e. The predicted molar refractivity (Wildman–Crippen MR) is 107 cm³/mol. The first-order chi connectivity index (χ1) is 14.4. The third kappa shape index (κ3) is 5.67. The molecular weight excluding hydrogens is 396 g/mol. The quantitative estimate of drug-likeness (QED) is 0.358. The smallest absolute Gasteiger partial charge is 0.269 e. The Morgan fingerprint density at radius 1 is 1.07 bits per heavy atom. The molecule has 0 fully saturated rings. The molecular formula is C19H20N4O7. The van der Waals surface area contributed by atoms with Crippen LogP contribution < -0.4 is 25.0 Å². The molecule has 30 heavy (non-hydrogen) atoms. The minimum Gasteiger partial charge on any atom is -0.493 e. The Labute approximate surface area is 171 Å². The van der Waals surface area contributed by atoms with E-state index in [9.17, 15) is 19.7 Å². The molecule has 0 aromatic heterocycles. The van der Waals surface area contributed by atoms with Gasteiger partial charge in [0.25, 0.3) is 17.5 Å². The zero-order valence-corrected chi connectivity index (χ0v) is 16.5. The van der Waals surface area contributed by atoms with Gasteiger partial charge in [0.05, 0.1) is 39.0 Å². The van der Waals surface area contributed by atoms with Gasteiger partial charge < -0.3 is 19.5 Å². The summed E-state index contributed by atoms with van der Waals surface area (Å²) in [4.78, 5) is 34.3. The molecule has 0 aliphatic rings. The van der Waals surface area contributed by atoms with Crippen LogP contribution in [0.4, 0.5) is 5.69 Å². The van der Waals surface area contributed by atoms with Gasteiger partial charge in [0.2, 0.25) is 5.75 Å². The lowest BCUT2D eigenvalue weighted by Gasteiger charge is -2.14. The Kier molecular flexibility index (Phi) is 7.68. The first-order valence-electron chi connectivity index (χ1n) is 8.54. The maximum atomic E-state index is 12.3. The number of hydrogen-bond acceptors (Lipinski definition) is 8. The summed E-state index contributed by atoms with van der Waals surface area (Å²) in [7, 11) is 4.30. The molecule has 2 aromatic carbocycles. The number of benzene rings is 2. The molecule has 2 rings (SSSR count). The third-order valence-corrected chi connectivity index (χ3v) is 3.84. The van der Waals surface area contributed by atoms with Crippen LogP contribution >= 0.6 is 0 Å². The molecule has 2 amide bonds. The van der Waals surface area contributed by atoms with E-state index in [1.54, 1.807) is 0 Å². The summed E-state index contributed by atoms with van der Waals surface area (Å²) in [6.07, 6.45) is 1.32. The maximum Gasteiger partial charge on any atom is 0.269 e. The number of nitro groups is 1. The van der Waals surface area contributed by atoms with Crippen molar-refractivity contribution in [3.63, 3.8) is 0 Å². The van der Waals surface area contributed by atoms with E-state index in [-0.39, 0.29) is 17.8 Å². The summed E-state index contributed by atoms with van der Waals surface area (Å²) in [6, 6.07) is 8.53. The Hall–Kier alpha value is -4.15. The molecule has 0 saturated carbocycles. The molecule has 2 N–H and O–H groups in total. The van der Waals surface area contributed by atoms with E-state index in [0.717, 1.165) is 0 Å². The molecule has 0 radical (unpaired) electrons. The molecule has 158 valence electrons. The van der Waals surface area contributed by atoms with Gasteiger partial charge in [0.15, 0.2) is 11.5 Å². The minimum atomic E-state index is -0.561. The normalized spacial score (nSPS) is 10.4. The number of rotatable bonds is 9. The summed E-state index contributed by atoms with van der Waals surface area (Å²) in [6.45, 7) is -0.326. The molecule has 0 spiro atoms. The van der Waals surface area contributed by atoms with Gasteiger partial charge in [-0.25, -0.2) is 5.43 Å². The highest BCUT2D eigenvalue weighted by Gasteiger charge is 2.17. The molecule has 11 heteroatoms. The number of carbonyl (C=O) groups is 2. The van der Waals surface area contributed by atoms with Gasteiger partial charge in [-0.15, -0.1) is 0 Å². The van der Waals surface area contributed by atoms with E-state index in [0.29, 0.717) is 22.8 Å². The fourth-order valence-electron chi connectivity index (χ4n) is 2.38. The molecule has 0 aliphatic heterocycles. The van der Waals surface area contributed by atoms with E-state index < -0.39 is 16.7 Å². The summed E-state index contributed by atoms with van der Waals surface area (Å²) >= 11 is 0. The van der Waals surface area contributed by atoms with Crippen LogP contribution in [0.25, 0.3) is 0 Å². The van der Waals surface area contributed by atoms with Crippen molar-refractivity contribution < 1.29 is 28.7 Å². The van der Waals surface area contributed by atoms with Crippen molar-refractivity contribution in [2.24, 2.45) is 5.10 Å². The SMILES string of the molecule is COc1cc(C(=O)NCC(=O)NN=Cc2ccc([N+](=O)[O-])cc2)cc(OC)c1OC. The number of hydrogen-bond donors (Lipinski definition) is 2. The highest BCUT2D eigenvalue weighted by Crippen LogP contribution is 2.38. The van der Waals surface area contributed by atoms with Crippen LogP contribution in [0, 0.1) is 10.1 Å². The number of ether oxygens (including phenoxy) is 3. The molecule has 0 bridgehead atoms. The average Bonchev–Trinajstić information content (AvgIpc) is 2.76. The Morgan fingerprint density at radius 3 is 2.17 bits per heavy atom. The van der Waals surface area contributed by atoms with Crippen molar-refractivity contribution in [1.82, 2.24) is 10.7 Å². The zero-order valence-electron chi connectivity index (χ0n) is 16.5. The highest BCUT2D eigenvalue weighted by molar-refractivity contribution is 5.97. The van der Waals surface area contributed by atoms with Crippen molar-refractivity contribution in [2.75, 3.05) is 27.9 Å². The number of methoxy groups -OCH3 is 3. The van der Waals surface area contributed by atoms with Gasteiger partial charge >= 0.3 is 0 Å². The van der Waals surface area contributed by atoms with Crippen LogP contribution in [-0.4, -0.2) is 50.8 Å². The molecule has 11 nitrogen and oxygen atoms in total. The van der Waals surface area contributed by atoms with E-state index >= 15 is 0 Å². The fraction of sp³-hybridized carbons (Fsp3) is 0.211. The number of nitrogens with zero attached hydrogens (tertiary/aromatic N) is 2. The van der Waals surface area contributed by atoms with Crippen molar-refractivity contribution >= 4 is 23.7 Å². The average molecular weight is 416 g/mol. The van der Waals surface area contributed by atoms with Crippen LogP contribution in [0.1, 0.15) is 15.9 Å². The van der Waals surface area contributed by atoms with Gasteiger partial charge in [-0.2, -0.15) is 5.10 Å². The van der Waals surface area contributed by atoms with Crippen molar-refractivity contribution in [3.05, 3.63) is 57.6 Å². The van der Waals surface area contributed by atoms with Crippen molar-refractivity contribution in [1.29, 1.82) is 0 Å². The standard InChI is InChI=1S/C19H20N4O7/c1-28-15-8-13(9-16(29-2)18(15)30-3)19(25)20-11-17(24)22-21-10-12-4-6-14(7-5-12)23(26)27/h4-10H,11H2,1-3H3,(H,20,25)(H,22,24). The molecule has 0 aliphatic carbocycles. The van der Waals surface area contributed by atoms with Gasteiger partial charge in [0, 0.05) is 17.7 Å². The maximum absolute atomic E-state index is 12.3. The van der Waals surface area contributed by atoms with Gasteiger partial charge in [-0.1, -0.05) is 0 Å². The lowest BCUT2D eigenvalue weighted by molar-refractivity contribution is -0.384. The van der Waals surface area contributed by atoms with Crippen LogP contribution in [0.15, 0.2) is 41.5 Å². The monoisotopic (exact) mass is 416 g/mol. The topological polar surface area (TPSA) is 141 Å². The highest BCUT2D eigenvalue weighted by atomic mass is 16.6. The van der Waals surface area contributed by atoms with Gasteiger partial charge in [-0.05, 0) is 29.8 Å². The second-order valence-electron chi connectivity index (χ2n) is 5.74. The van der Waals surface area contributed by atoms with E-state index in [2.05, 4.69) is 15.8 Å². The van der Waals surface area contributed by atoms with Crippen LogP contribution in [0.5, 0.6) is 17.2 Å². The first-order valence-corrected chi connectivity index (χ1v) is 8.54. The number of nitro benzene ring substituents is 1. The number of carbonyl (C=O) groups excluding carboxylic acids is 2. The van der Waals surface area contributed by atoms with Crippen LogP contribution in [-0.2, 0) is 4.79 Å². The lowest BCUT2D eigenvalue weighted by Crippen LogP contribution is -2.34. The fourth-order valence-corrected chi connectivity index (χ4v) is 2.38. The van der Waals surface area contributed by atoms with Crippen molar-refractivity contribution in [2.45, 2.75) is 0 Å². The molecule has 0 saturated heterocycles. The Bertz CT molecular complexity index is 933. The molecule has 2 aromatic rings. The Balaban J connectivity index is 1.92. The number of non-ortho nitro benzene ring substituents is 1. The second-order valence-corrected chi connectivity index (χ2v) is 5.74. The lowest BCUT2D eigenvalue weighted by atomic mass is 10.1. The van der Waals surface area contributed by atoms with E-state index in [4.69, 9.17) is 14.2 Å².